The molecule has 0 amide bonds. The van der Waals surface area contributed by atoms with Crippen LogP contribution in [0.5, 0.6) is 11.6 Å². The van der Waals surface area contributed by atoms with E-state index in [-0.39, 0.29) is 5.92 Å². The van der Waals surface area contributed by atoms with Crippen LogP contribution in [-0.2, 0) is 0 Å². The summed E-state index contributed by atoms with van der Waals surface area (Å²) in [4.78, 5) is 8.51. The molecule has 0 aliphatic rings. The minimum atomic E-state index is 0.198. The smallest absolute Gasteiger partial charge is 0.224 e. The summed E-state index contributed by atoms with van der Waals surface area (Å²) < 4.78 is 7.49. The first kappa shape index (κ1) is 13.3. The molecule has 2 rings (SSSR count). The van der Waals surface area contributed by atoms with Gasteiger partial charge in [-0.15, -0.1) is 0 Å². The molecule has 0 radical (unpaired) electrons. The maximum Gasteiger partial charge on any atom is 0.224 e. The van der Waals surface area contributed by atoms with Crippen molar-refractivity contribution in [3.05, 3.63) is 24.3 Å². The SMILES string of the molecule is CC(C)c1nc(N)cc(Oc2cnn(C(C)C)c2)n1. The Morgan fingerprint density at radius 3 is 2.53 bits per heavy atom. The molecule has 2 aromatic heterocycles. The van der Waals surface area contributed by atoms with E-state index in [0.29, 0.717) is 29.3 Å². The summed E-state index contributed by atoms with van der Waals surface area (Å²) in [6.45, 7) is 8.12. The monoisotopic (exact) mass is 261 g/mol. The first-order chi connectivity index (χ1) is 8.95. The molecule has 0 aliphatic heterocycles. The molecule has 102 valence electrons. The van der Waals surface area contributed by atoms with Crippen LogP contribution in [0.1, 0.15) is 45.5 Å². The molecule has 6 nitrogen and oxygen atoms in total. The van der Waals surface area contributed by atoms with Gasteiger partial charge in [0.2, 0.25) is 5.88 Å². The zero-order valence-corrected chi connectivity index (χ0v) is 11.7. The van der Waals surface area contributed by atoms with Gasteiger partial charge in [-0.3, -0.25) is 4.68 Å². The van der Waals surface area contributed by atoms with Crippen molar-refractivity contribution in [1.29, 1.82) is 0 Å². The second kappa shape index (κ2) is 5.26. The van der Waals surface area contributed by atoms with Crippen LogP contribution in [0.15, 0.2) is 18.5 Å². The summed E-state index contributed by atoms with van der Waals surface area (Å²) in [7, 11) is 0. The zero-order valence-electron chi connectivity index (χ0n) is 11.7. The molecule has 0 aliphatic carbocycles. The fourth-order valence-electron chi connectivity index (χ4n) is 1.55. The molecule has 0 atom stereocenters. The lowest BCUT2D eigenvalue weighted by molar-refractivity contribution is 0.454. The van der Waals surface area contributed by atoms with Crippen LogP contribution in [0.2, 0.25) is 0 Å². The quantitative estimate of drug-likeness (QED) is 0.915. The fourth-order valence-corrected chi connectivity index (χ4v) is 1.55. The summed E-state index contributed by atoms with van der Waals surface area (Å²) >= 11 is 0. The average Bonchev–Trinajstić information content (AvgIpc) is 2.76. The second-order valence-electron chi connectivity index (χ2n) is 5.00. The van der Waals surface area contributed by atoms with Crippen molar-refractivity contribution in [3.8, 4) is 11.6 Å². The summed E-state index contributed by atoms with van der Waals surface area (Å²) in [6, 6.07) is 1.90. The van der Waals surface area contributed by atoms with Crippen LogP contribution >= 0.6 is 0 Å². The van der Waals surface area contributed by atoms with Crippen molar-refractivity contribution in [2.24, 2.45) is 0 Å². The first-order valence-corrected chi connectivity index (χ1v) is 6.32. The third kappa shape index (κ3) is 3.21. The van der Waals surface area contributed by atoms with Crippen molar-refractivity contribution < 1.29 is 4.74 Å². The van der Waals surface area contributed by atoms with Gasteiger partial charge in [-0.2, -0.15) is 10.1 Å². The second-order valence-corrected chi connectivity index (χ2v) is 5.00. The number of aromatic nitrogens is 4. The Balaban J connectivity index is 2.22. The molecule has 19 heavy (non-hydrogen) atoms. The number of nitrogens with two attached hydrogens (primary N) is 1. The van der Waals surface area contributed by atoms with E-state index in [0.717, 1.165) is 0 Å². The summed E-state index contributed by atoms with van der Waals surface area (Å²) in [6.07, 6.45) is 3.49. The standard InChI is InChI=1S/C13H19N5O/c1-8(2)13-16-11(14)5-12(17-13)19-10-6-15-18(7-10)9(3)4/h5-9H,1-4H3,(H2,14,16,17). The van der Waals surface area contributed by atoms with Gasteiger partial charge < -0.3 is 10.5 Å². The number of hydrogen-bond donors (Lipinski definition) is 1. The fraction of sp³-hybridized carbons (Fsp3) is 0.462. The minimum absolute atomic E-state index is 0.198. The van der Waals surface area contributed by atoms with Gasteiger partial charge in [0, 0.05) is 18.0 Å². The molecular formula is C13H19N5O. The minimum Gasteiger partial charge on any atom is -0.436 e. The number of rotatable bonds is 4. The Bertz CT molecular complexity index is 562. The van der Waals surface area contributed by atoms with Crippen LogP contribution < -0.4 is 10.5 Å². The lowest BCUT2D eigenvalue weighted by Crippen LogP contribution is -2.03. The number of nitrogen functional groups attached to an aromatic ring is 1. The Kier molecular flexibility index (Phi) is 3.69. The molecule has 2 N–H and O–H groups in total. The van der Waals surface area contributed by atoms with Crippen molar-refractivity contribution in [3.63, 3.8) is 0 Å². The molecule has 0 fully saturated rings. The Labute approximate surface area is 112 Å². The van der Waals surface area contributed by atoms with Crippen LogP contribution in [0.4, 0.5) is 5.82 Å². The lowest BCUT2D eigenvalue weighted by Gasteiger charge is -2.08. The van der Waals surface area contributed by atoms with E-state index >= 15 is 0 Å². The van der Waals surface area contributed by atoms with Gasteiger partial charge in [0.1, 0.15) is 11.6 Å². The van der Waals surface area contributed by atoms with Gasteiger partial charge in [-0.1, -0.05) is 13.8 Å². The van der Waals surface area contributed by atoms with Gasteiger partial charge in [0.15, 0.2) is 5.75 Å². The van der Waals surface area contributed by atoms with Gasteiger partial charge in [-0.05, 0) is 13.8 Å². The number of ether oxygens (including phenoxy) is 1. The third-order valence-electron chi connectivity index (χ3n) is 2.59. The summed E-state index contributed by atoms with van der Waals surface area (Å²) in [5, 5.41) is 4.21. The van der Waals surface area contributed by atoms with Crippen LogP contribution in [0.25, 0.3) is 0 Å². The first-order valence-electron chi connectivity index (χ1n) is 6.32. The number of anilines is 1. The topological polar surface area (TPSA) is 78.9 Å². The third-order valence-corrected chi connectivity index (χ3v) is 2.59. The maximum atomic E-state index is 5.75. The van der Waals surface area contributed by atoms with E-state index in [9.17, 15) is 0 Å². The largest absolute Gasteiger partial charge is 0.436 e. The summed E-state index contributed by atoms with van der Waals surface area (Å²) in [5.74, 6) is 2.36. The van der Waals surface area contributed by atoms with E-state index in [2.05, 4.69) is 28.9 Å². The van der Waals surface area contributed by atoms with Crippen molar-refractivity contribution in [2.45, 2.75) is 39.7 Å². The molecule has 0 aromatic carbocycles. The highest BCUT2D eigenvalue weighted by Gasteiger charge is 2.09. The highest BCUT2D eigenvalue weighted by molar-refractivity contribution is 5.35. The van der Waals surface area contributed by atoms with E-state index < -0.39 is 0 Å². The predicted molar refractivity (Wildman–Crippen MR) is 73.2 cm³/mol. The Morgan fingerprint density at radius 2 is 1.95 bits per heavy atom. The van der Waals surface area contributed by atoms with E-state index in [1.807, 2.05) is 24.7 Å². The molecule has 0 saturated heterocycles. The van der Waals surface area contributed by atoms with Gasteiger partial charge in [0.25, 0.3) is 0 Å². The Hall–Kier alpha value is -2.11. The molecule has 6 heteroatoms. The van der Waals surface area contributed by atoms with E-state index in [4.69, 9.17) is 10.5 Å². The normalized spacial score (nSPS) is 11.3. The summed E-state index contributed by atoms with van der Waals surface area (Å²) in [5.41, 5.74) is 5.75. The molecule has 0 spiro atoms. The zero-order chi connectivity index (χ0) is 14.0. The molecular weight excluding hydrogens is 242 g/mol. The van der Waals surface area contributed by atoms with Gasteiger partial charge >= 0.3 is 0 Å². The van der Waals surface area contributed by atoms with Crippen LogP contribution in [-0.4, -0.2) is 19.7 Å². The maximum absolute atomic E-state index is 5.75. The Morgan fingerprint density at radius 1 is 1.21 bits per heavy atom. The molecule has 2 aromatic rings. The molecule has 0 unspecified atom stereocenters. The van der Waals surface area contributed by atoms with Crippen molar-refractivity contribution in [2.75, 3.05) is 5.73 Å². The molecule has 0 bridgehead atoms. The van der Waals surface area contributed by atoms with Crippen molar-refractivity contribution in [1.82, 2.24) is 19.7 Å². The van der Waals surface area contributed by atoms with Crippen LogP contribution in [0.3, 0.4) is 0 Å². The number of nitrogens with zero attached hydrogens (tertiary/aromatic N) is 4. The number of hydrogen-bond acceptors (Lipinski definition) is 5. The highest BCUT2D eigenvalue weighted by atomic mass is 16.5. The predicted octanol–water partition coefficient (Wildman–Crippen LogP) is 2.75. The molecule has 0 saturated carbocycles. The molecule has 2 heterocycles. The van der Waals surface area contributed by atoms with Crippen LogP contribution in [0, 0.1) is 0 Å². The average molecular weight is 261 g/mol. The van der Waals surface area contributed by atoms with Crippen molar-refractivity contribution >= 4 is 5.82 Å². The lowest BCUT2D eigenvalue weighted by atomic mass is 10.2. The van der Waals surface area contributed by atoms with E-state index in [1.165, 1.54) is 0 Å². The van der Waals surface area contributed by atoms with Gasteiger partial charge in [-0.25, -0.2) is 4.98 Å². The van der Waals surface area contributed by atoms with Gasteiger partial charge in [0.05, 0.1) is 12.4 Å². The van der Waals surface area contributed by atoms with E-state index in [1.54, 1.807) is 12.3 Å². The highest BCUT2D eigenvalue weighted by Crippen LogP contribution is 2.23.